The Bertz CT molecular complexity index is 731. The van der Waals surface area contributed by atoms with E-state index >= 15 is 0 Å². The van der Waals surface area contributed by atoms with Gasteiger partial charge in [0.2, 0.25) is 0 Å². The molecule has 0 fully saturated rings. The third-order valence-electron chi connectivity index (χ3n) is 3.11. The first-order valence-electron chi connectivity index (χ1n) is 6.46. The van der Waals surface area contributed by atoms with Crippen LogP contribution in [0.4, 0.5) is 0 Å². The van der Waals surface area contributed by atoms with Crippen molar-refractivity contribution in [3.05, 3.63) is 46.9 Å². The van der Waals surface area contributed by atoms with Crippen molar-refractivity contribution in [2.45, 2.75) is 19.9 Å². The van der Waals surface area contributed by atoms with Gasteiger partial charge in [0.15, 0.2) is 10.8 Å². The molecule has 0 saturated heterocycles. The van der Waals surface area contributed by atoms with Gasteiger partial charge in [-0.3, -0.25) is 9.89 Å². The number of carbonyl (C=O) groups is 1. The summed E-state index contributed by atoms with van der Waals surface area (Å²) in [7, 11) is 0. The molecule has 2 N–H and O–H groups in total. The molecule has 6 nitrogen and oxygen atoms in total. The molecule has 0 aromatic carbocycles. The van der Waals surface area contributed by atoms with E-state index in [0.29, 0.717) is 16.5 Å². The molecule has 1 atom stereocenters. The SMILES string of the molecule is Cc1sc(-c2ccco2)nc1C(=O)NC(C)c1cn[nH]c1. The maximum atomic E-state index is 12.3. The Morgan fingerprint density at radius 2 is 2.38 bits per heavy atom. The Labute approximate surface area is 125 Å². The average molecular weight is 302 g/mol. The highest BCUT2D eigenvalue weighted by Gasteiger charge is 2.19. The molecule has 0 saturated carbocycles. The minimum atomic E-state index is -0.199. The van der Waals surface area contributed by atoms with Crippen LogP contribution in [-0.4, -0.2) is 21.1 Å². The second kappa shape index (κ2) is 5.53. The van der Waals surface area contributed by atoms with Crippen molar-refractivity contribution >= 4 is 17.2 Å². The van der Waals surface area contributed by atoms with Crippen LogP contribution in [0.25, 0.3) is 10.8 Å². The zero-order valence-corrected chi connectivity index (χ0v) is 12.4. The lowest BCUT2D eigenvalue weighted by Gasteiger charge is -2.10. The first kappa shape index (κ1) is 13.6. The number of amides is 1. The average Bonchev–Trinajstić information content (AvgIpc) is 3.20. The summed E-state index contributed by atoms with van der Waals surface area (Å²) in [6.45, 7) is 3.78. The fraction of sp³-hybridized carbons (Fsp3) is 0.214. The van der Waals surface area contributed by atoms with E-state index in [1.165, 1.54) is 11.3 Å². The van der Waals surface area contributed by atoms with Crippen molar-refractivity contribution in [1.82, 2.24) is 20.5 Å². The fourth-order valence-electron chi connectivity index (χ4n) is 1.96. The summed E-state index contributed by atoms with van der Waals surface area (Å²) in [6.07, 6.45) is 5.03. The summed E-state index contributed by atoms with van der Waals surface area (Å²) < 4.78 is 5.31. The molecule has 0 spiro atoms. The number of carbonyl (C=O) groups excluding carboxylic acids is 1. The van der Waals surface area contributed by atoms with E-state index in [-0.39, 0.29) is 11.9 Å². The summed E-state index contributed by atoms with van der Waals surface area (Å²) >= 11 is 1.44. The van der Waals surface area contributed by atoms with E-state index in [1.807, 2.05) is 19.9 Å². The van der Waals surface area contributed by atoms with E-state index in [9.17, 15) is 4.79 Å². The van der Waals surface area contributed by atoms with Gasteiger partial charge in [0.25, 0.3) is 5.91 Å². The summed E-state index contributed by atoms with van der Waals surface area (Å²) in [6, 6.07) is 3.49. The van der Waals surface area contributed by atoms with Gasteiger partial charge in [0, 0.05) is 16.6 Å². The molecule has 1 unspecified atom stereocenters. The van der Waals surface area contributed by atoms with Crippen molar-refractivity contribution in [2.24, 2.45) is 0 Å². The van der Waals surface area contributed by atoms with Crippen molar-refractivity contribution in [2.75, 3.05) is 0 Å². The Hall–Kier alpha value is -2.41. The van der Waals surface area contributed by atoms with E-state index in [0.717, 1.165) is 10.4 Å². The van der Waals surface area contributed by atoms with E-state index in [1.54, 1.807) is 24.7 Å². The van der Waals surface area contributed by atoms with E-state index < -0.39 is 0 Å². The highest BCUT2D eigenvalue weighted by molar-refractivity contribution is 7.15. The van der Waals surface area contributed by atoms with Crippen LogP contribution >= 0.6 is 11.3 Å². The van der Waals surface area contributed by atoms with Crippen molar-refractivity contribution in [3.63, 3.8) is 0 Å². The standard InChI is InChI=1S/C14H14N4O2S/c1-8(10-6-15-16-7-10)17-13(19)12-9(2)21-14(18-12)11-4-3-5-20-11/h3-8H,1-2H3,(H,15,16)(H,17,19). The molecule has 0 radical (unpaired) electrons. The highest BCUT2D eigenvalue weighted by Crippen LogP contribution is 2.28. The van der Waals surface area contributed by atoms with Crippen LogP contribution in [0.15, 0.2) is 35.2 Å². The molecule has 0 aliphatic rings. The zero-order chi connectivity index (χ0) is 14.8. The molecule has 3 aromatic rings. The quantitative estimate of drug-likeness (QED) is 0.776. The maximum Gasteiger partial charge on any atom is 0.271 e. The topological polar surface area (TPSA) is 83.8 Å². The number of H-pyrrole nitrogens is 1. The Morgan fingerprint density at radius 1 is 1.52 bits per heavy atom. The third-order valence-corrected chi connectivity index (χ3v) is 4.10. The molecule has 21 heavy (non-hydrogen) atoms. The molecule has 7 heteroatoms. The summed E-state index contributed by atoms with van der Waals surface area (Å²) in [5.74, 6) is 0.472. The maximum absolute atomic E-state index is 12.3. The second-order valence-electron chi connectivity index (χ2n) is 4.63. The number of nitrogens with one attached hydrogen (secondary N) is 2. The minimum Gasteiger partial charge on any atom is -0.462 e. The van der Waals surface area contributed by atoms with Gasteiger partial charge in [-0.15, -0.1) is 11.3 Å². The smallest absolute Gasteiger partial charge is 0.271 e. The first-order valence-corrected chi connectivity index (χ1v) is 7.27. The molecule has 1 amide bonds. The van der Waals surface area contributed by atoms with Crippen LogP contribution in [-0.2, 0) is 0 Å². The van der Waals surface area contributed by atoms with Gasteiger partial charge in [-0.05, 0) is 26.0 Å². The van der Waals surface area contributed by atoms with Gasteiger partial charge in [-0.2, -0.15) is 5.10 Å². The molecular formula is C14H14N4O2S. The Kier molecular flexibility index (Phi) is 3.57. The Morgan fingerprint density at radius 3 is 3.05 bits per heavy atom. The lowest BCUT2D eigenvalue weighted by atomic mass is 10.2. The van der Waals surface area contributed by atoms with Gasteiger partial charge in [-0.1, -0.05) is 0 Å². The van der Waals surface area contributed by atoms with Crippen LogP contribution in [0.5, 0.6) is 0 Å². The number of aromatic nitrogens is 3. The predicted molar refractivity (Wildman–Crippen MR) is 79.0 cm³/mol. The molecule has 0 bridgehead atoms. The van der Waals surface area contributed by atoms with Gasteiger partial charge < -0.3 is 9.73 Å². The van der Waals surface area contributed by atoms with Crippen molar-refractivity contribution < 1.29 is 9.21 Å². The number of hydrogen-bond donors (Lipinski definition) is 2. The van der Waals surface area contributed by atoms with Gasteiger partial charge in [-0.25, -0.2) is 4.98 Å². The van der Waals surface area contributed by atoms with Gasteiger partial charge in [0.05, 0.1) is 18.5 Å². The van der Waals surface area contributed by atoms with Crippen LogP contribution in [0.3, 0.4) is 0 Å². The number of rotatable bonds is 4. The van der Waals surface area contributed by atoms with Gasteiger partial charge >= 0.3 is 0 Å². The molecule has 3 rings (SSSR count). The van der Waals surface area contributed by atoms with E-state index in [4.69, 9.17) is 4.42 Å². The normalized spacial score (nSPS) is 12.3. The van der Waals surface area contributed by atoms with E-state index in [2.05, 4.69) is 20.5 Å². The second-order valence-corrected chi connectivity index (χ2v) is 5.83. The third kappa shape index (κ3) is 2.73. The van der Waals surface area contributed by atoms with Crippen LogP contribution in [0.2, 0.25) is 0 Å². The Balaban J connectivity index is 1.79. The zero-order valence-electron chi connectivity index (χ0n) is 11.6. The highest BCUT2D eigenvalue weighted by atomic mass is 32.1. The molecule has 108 valence electrons. The first-order chi connectivity index (χ1) is 10.1. The lowest BCUT2D eigenvalue weighted by Crippen LogP contribution is -2.27. The molecule has 3 aromatic heterocycles. The number of hydrogen-bond acceptors (Lipinski definition) is 5. The largest absolute Gasteiger partial charge is 0.462 e. The number of furan rings is 1. The van der Waals surface area contributed by atoms with Crippen LogP contribution in [0.1, 0.15) is 33.9 Å². The monoisotopic (exact) mass is 302 g/mol. The predicted octanol–water partition coefficient (Wildman–Crippen LogP) is 2.93. The minimum absolute atomic E-state index is 0.135. The molecule has 0 aliphatic carbocycles. The molecule has 3 heterocycles. The summed E-state index contributed by atoms with van der Waals surface area (Å²) in [4.78, 5) is 17.6. The van der Waals surface area contributed by atoms with Crippen molar-refractivity contribution in [3.8, 4) is 10.8 Å². The molecular weight excluding hydrogens is 288 g/mol. The number of aromatic amines is 1. The lowest BCUT2D eigenvalue weighted by molar-refractivity contribution is 0.0935. The van der Waals surface area contributed by atoms with Crippen molar-refractivity contribution in [1.29, 1.82) is 0 Å². The number of nitrogens with zero attached hydrogens (tertiary/aromatic N) is 2. The fourth-order valence-corrected chi connectivity index (χ4v) is 2.84. The number of aryl methyl sites for hydroxylation is 1. The van der Waals surface area contributed by atoms with Crippen LogP contribution < -0.4 is 5.32 Å². The summed E-state index contributed by atoms with van der Waals surface area (Å²) in [5, 5.41) is 10.2. The summed E-state index contributed by atoms with van der Waals surface area (Å²) in [5.41, 5.74) is 1.35. The molecule has 0 aliphatic heterocycles. The number of thiazole rings is 1. The van der Waals surface area contributed by atoms with Crippen LogP contribution in [0, 0.1) is 6.92 Å². The van der Waals surface area contributed by atoms with Gasteiger partial charge in [0.1, 0.15) is 5.69 Å².